The second-order valence-electron chi connectivity index (χ2n) is 9.89. The third kappa shape index (κ3) is 4.87. The maximum absolute atomic E-state index is 5.06. The molecule has 7 heteroatoms. The van der Waals surface area contributed by atoms with Gasteiger partial charge in [0.05, 0.1) is 27.5 Å². The first-order chi connectivity index (χ1) is 18.7. The molecule has 38 heavy (non-hydrogen) atoms. The van der Waals surface area contributed by atoms with Crippen molar-refractivity contribution in [1.82, 2.24) is 30.5 Å². The third-order valence-corrected chi connectivity index (χ3v) is 8.29. The predicted octanol–water partition coefficient (Wildman–Crippen LogP) is 7.53. The Hall–Kier alpha value is -3.81. The van der Waals surface area contributed by atoms with Gasteiger partial charge >= 0.3 is 0 Å². The van der Waals surface area contributed by atoms with Crippen LogP contribution in [0.2, 0.25) is 0 Å². The molecule has 192 valence electrons. The Morgan fingerprint density at radius 2 is 2.05 bits per heavy atom. The van der Waals surface area contributed by atoms with Crippen LogP contribution in [0.4, 0.5) is 0 Å². The fraction of sp³-hybridized carbons (Fsp3) is 0.258. The van der Waals surface area contributed by atoms with Gasteiger partial charge < -0.3 is 10.3 Å². The minimum absolute atomic E-state index is 0.803. The zero-order valence-electron chi connectivity index (χ0n) is 21.6. The van der Waals surface area contributed by atoms with Crippen LogP contribution >= 0.6 is 11.3 Å². The highest BCUT2D eigenvalue weighted by atomic mass is 32.1. The summed E-state index contributed by atoms with van der Waals surface area (Å²) in [5.41, 5.74) is 8.62. The van der Waals surface area contributed by atoms with E-state index in [4.69, 9.17) is 4.98 Å². The van der Waals surface area contributed by atoms with Gasteiger partial charge in [0.2, 0.25) is 0 Å². The highest BCUT2D eigenvalue weighted by Crippen LogP contribution is 2.34. The van der Waals surface area contributed by atoms with Gasteiger partial charge in [-0.15, -0.1) is 11.3 Å². The molecule has 0 atom stereocenters. The Morgan fingerprint density at radius 3 is 2.84 bits per heavy atom. The van der Waals surface area contributed by atoms with E-state index in [1.807, 2.05) is 24.4 Å². The molecule has 1 aliphatic rings. The zero-order valence-corrected chi connectivity index (χ0v) is 22.4. The largest absolute Gasteiger partial charge is 0.353 e. The summed E-state index contributed by atoms with van der Waals surface area (Å²) in [4.78, 5) is 14.4. The van der Waals surface area contributed by atoms with Crippen molar-refractivity contribution in [3.8, 4) is 22.0 Å². The number of rotatable bonds is 9. The van der Waals surface area contributed by atoms with E-state index in [1.165, 1.54) is 25.7 Å². The van der Waals surface area contributed by atoms with E-state index in [-0.39, 0.29) is 0 Å². The monoisotopic (exact) mass is 520 g/mol. The van der Waals surface area contributed by atoms with Gasteiger partial charge in [-0.25, -0.2) is 4.98 Å². The number of H-pyrrole nitrogens is 2. The molecule has 5 heterocycles. The zero-order chi connectivity index (χ0) is 25.9. The van der Waals surface area contributed by atoms with Crippen molar-refractivity contribution in [2.24, 2.45) is 5.92 Å². The van der Waals surface area contributed by atoms with Crippen LogP contribution in [0.1, 0.15) is 38.3 Å². The number of fused-ring (bicyclic) bond motifs is 2. The smallest absolute Gasteiger partial charge is 0.135 e. The number of pyridine rings is 2. The van der Waals surface area contributed by atoms with Crippen LogP contribution in [0.15, 0.2) is 78.4 Å². The van der Waals surface area contributed by atoms with Crippen molar-refractivity contribution in [3.63, 3.8) is 0 Å². The van der Waals surface area contributed by atoms with Gasteiger partial charge in [0, 0.05) is 23.6 Å². The van der Waals surface area contributed by atoms with E-state index < -0.39 is 0 Å². The summed E-state index contributed by atoms with van der Waals surface area (Å²) in [7, 11) is 0. The Balaban J connectivity index is 1.30. The number of aromatic nitrogens is 5. The Bertz CT molecular complexity index is 1630. The molecule has 0 saturated heterocycles. The summed E-state index contributed by atoms with van der Waals surface area (Å²) >= 11 is 1.69. The van der Waals surface area contributed by atoms with Gasteiger partial charge in [-0.1, -0.05) is 37.6 Å². The van der Waals surface area contributed by atoms with E-state index in [1.54, 1.807) is 11.3 Å². The van der Waals surface area contributed by atoms with Gasteiger partial charge in [-0.3, -0.25) is 10.1 Å². The van der Waals surface area contributed by atoms with E-state index in [0.717, 1.165) is 79.7 Å². The lowest BCUT2D eigenvalue weighted by atomic mass is 10.1. The molecule has 0 spiro atoms. The molecule has 0 radical (unpaired) electrons. The highest BCUT2D eigenvalue weighted by Gasteiger charge is 2.17. The van der Waals surface area contributed by atoms with E-state index >= 15 is 0 Å². The average molecular weight is 521 g/mol. The molecule has 1 aliphatic carbocycles. The second-order valence-corrected chi connectivity index (χ2v) is 10.8. The third-order valence-electron chi connectivity index (χ3n) is 7.41. The summed E-state index contributed by atoms with van der Waals surface area (Å²) < 4.78 is 0. The van der Waals surface area contributed by atoms with Crippen LogP contribution in [0.5, 0.6) is 0 Å². The van der Waals surface area contributed by atoms with Crippen molar-refractivity contribution in [1.29, 1.82) is 0 Å². The normalized spacial score (nSPS) is 15.2. The standard InChI is InChI=1S/C31H32N6S/c1-3-20(18-32-19-21-8-5-6-9-21)16-22(4-2)24-11-12-26-30(35-24)31(37-36-26)27-17-23-25(34-27)13-14-33-29(23)28-10-7-15-38-28/h3-4,7,10-17,21,32,34H,1,5-6,8-9,18-19H2,2H3,(H,36,37)/b20-16+,22-4+. The van der Waals surface area contributed by atoms with Crippen LogP contribution < -0.4 is 5.32 Å². The number of thiophene rings is 1. The minimum atomic E-state index is 0.803. The molecular formula is C31H32N6S. The first-order valence-electron chi connectivity index (χ1n) is 13.3. The SMILES string of the molecule is C=C/C(=C\C(=C/C)c1ccc2[nH]nc(-c3cc4c(-c5cccs5)nccc4[nH]3)c2n1)CNCC1CCCC1. The molecule has 6 rings (SSSR count). The van der Waals surface area contributed by atoms with Crippen LogP contribution in [0.3, 0.4) is 0 Å². The van der Waals surface area contributed by atoms with Crippen molar-refractivity contribution in [2.45, 2.75) is 32.6 Å². The fourth-order valence-corrected chi connectivity index (χ4v) is 6.10. The van der Waals surface area contributed by atoms with Gasteiger partial charge in [0.1, 0.15) is 11.2 Å². The highest BCUT2D eigenvalue weighted by molar-refractivity contribution is 7.13. The summed E-state index contributed by atoms with van der Waals surface area (Å²) in [6, 6.07) is 12.4. The molecule has 1 fully saturated rings. The lowest BCUT2D eigenvalue weighted by Crippen LogP contribution is -2.23. The lowest BCUT2D eigenvalue weighted by molar-refractivity contribution is 0.503. The van der Waals surface area contributed by atoms with Crippen molar-refractivity contribution < 1.29 is 0 Å². The molecule has 5 aromatic rings. The molecular weight excluding hydrogens is 488 g/mol. The number of nitrogens with one attached hydrogen (secondary N) is 3. The minimum Gasteiger partial charge on any atom is -0.353 e. The molecule has 0 bridgehead atoms. The first kappa shape index (κ1) is 24.5. The van der Waals surface area contributed by atoms with Crippen LogP contribution in [-0.2, 0) is 0 Å². The van der Waals surface area contributed by atoms with Gasteiger partial charge in [0.15, 0.2) is 0 Å². The van der Waals surface area contributed by atoms with Crippen molar-refractivity contribution >= 4 is 38.8 Å². The van der Waals surface area contributed by atoms with Crippen LogP contribution in [0, 0.1) is 5.92 Å². The maximum Gasteiger partial charge on any atom is 0.135 e. The Kier molecular flexibility index (Phi) is 7.03. The number of hydrogen-bond acceptors (Lipinski definition) is 5. The molecule has 5 aromatic heterocycles. The maximum atomic E-state index is 5.06. The van der Waals surface area contributed by atoms with Gasteiger partial charge in [-0.05, 0) is 85.2 Å². The van der Waals surface area contributed by atoms with Crippen LogP contribution in [-0.4, -0.2) is 38.2 Å². The average Bonchev–Trinajstić information content (AvgIpc) is 3.76. The van der Waals surface area contributed by atoms with Gasteiger partial charge in [-0.2, -0.15) is 5.10 Å². The van der Waals surface area contributed by atoms with E-state index in [0.29, 0.717) is 0 Å². The number of nitrogens with zero attached hydrogens (tertiary/aromatic N) is 3. The fourth-order valence-electron chi connectivity index (χ4n) is 5.36. The van der Waals surface area contributed by atoms with Crippen LogP contribution in [0.25, 0.3) is 49.5 Å². The number of hydrogen-bond donors (Lipinski definition) is 3. The Morgan fingerprint density at radius 1 is 1.16 bits per heavy atom. The first-order valence-corrected chi connectivity index (χ1v) is 14.2. The summed E-state index contributed by atoms with van der Waals surface area (Å²) in [5, 5.41) is 14.6. The molecule has 0 aromatic carbocycles. The number of allylic oxidation sites excluding steroid dienone is 3. The molecule has 1 saturated carbocycles. The van der Waals surface area contributed by atoms with E-state index in [2.05, 4.69) is 80.8 Å². The molecule has 0 aliphatic heterocycles. The lowest BCUT2D eigenvalue weighted by Gasteiger charge is -2.11. The molecule has 3 N–H and O–H groups in total. The summed E-state index contributed by atoms with van der Waals surface area (Å²) in [6.07, 6.45) is 13.5. The summed E-state index contributed by atoms with van der Waals surface area (Å²) in [5.74, 6) is 0.813. The quantitative estimate of drug-likeness (QED) is 0.176. The summed E-state index contributed by atoms with van der Waals surface area (Å²) in [6.45, 7) is 8.00. The Labute approximate surface area is 226 Å². The molecule has 0 amide bonds. The molecule has 6 nitrogen and oxygen atoms in total. The van der Waals surface area contributed by atoms with E-state index in [9.17, 15) is 0 Å². The number of aromatic amines is 2. The second kappa shape index (κ2) is 10.9. The predicted molar refractivity (Wildman–Crippen MR) is 159 cm³/mol. The van der Waals surface area contributed by atoms with Crippen molar-refractivity contribution in [2.75, 3.05) is 13.1 Å². The topological polar surface area (TPSA) is 82.3 Å². The van der Waals surface area contributed by atoms with Crippen molar-refractivity contribution in [3.05, 3.63) is 84.0 Å². The molecule has 0 unspecified atom stereocenters. The van der Waals surface area contributed by atoms with Gasteiger partial charge in [0.25, 0.3) is 0 Å².